The van der Waals surface area contributed by atoms with Crippen LogP contribution >= 0.6 is 0 Å². The number of phenolic OH excluding ortho intramolecular Hbond substituents is 1. The summed E-state index contributed by atoms with van der Waals surface area (Å²) >= 11 is 0. The Morgan fingerprint density at radius 1 is 1.09 bits per heavy atom. The normalized spacial score (nSPS) is 48.5. The molecule has 0 aliphatic heterocycles. The Labute approximate surface area is 138 Å². The zero-order valence-corrected chi connectivity index (χ0v) is 14.3. The first-order valence-electron chi connectivity index (χ1n) is 8.92. The van der Waals surface area contributed by atoms with E-state index in [9.17, 15) is 15.3 Å². The molecule has 0 aromatic heterocycles. The van der Waals surface area contributed by atoms with Crippen molar-refractivity contribution in [3.63, 3.8) is 0 Å². The van der Waals surface area contributed by atoms with Gasteiger partial charge in [-0.3, -0.25) is 0 Å². The first-order valence-corrected chi connectivity index (χ1v) is 8.92. The standard InChI is InChI=1S/C20H28O3/c1-18-11-19(2,22)17-14-7-5-13(21)10-12(14)4-6-15(17)16(18)8-9-20(18,3)23/h5,7,10,15-17,21-23H,4,6,8-9,11H2,1-3H3/t15-,16?,17?,18?,19?,20?/m0/s1. The summed E-state index contributed by atoms with van der Waals surface area (Å²) in [5, 5.41) is 32.1. The lowest BCUT2D eigenvalue weighted by Crippen LogP contribution is -2.58. The Hall–Kier alpha value is -1.06. The van der Waals surface area contributed by atoms with Crippen LogP contribution in [0.1, 0.15) is 63.5 Å². The van der Waals surface area contributed by atoms with Crippen molar-refractivity contribution in [1.82, 2.24) is 0 Å². The van der Waals surface area contributed by atoms with Crippen molar-refractivity contribution in [2.75, 3.05) is 0 Å². The lowest BCUT2D eigenvalue weighted by molar-refractivity contribution is -0.160. The Morgan fingerprint density at radius 3 is 2.57 bits per heavy atom. The molecule has 3 heteroatoms. The Morgan fingerprint density at radius 2 is 1.83 bits per heavy atom. The van der Waals surface area contributed by atoms with Gasteiger partial charge in [-0.2, -0.15) is 0 Å². The van der Waals surface area contributed by atoms with Crippen LogP contribution in [0.2, 0.25) is 0 Å². The van der Waals surface area contributed by atoms with Crippen molar-refractivity contribution in [2.24, 2.45) is 17.3 Å². The molecule has 1 aromatic carbocycles. The third kappa shape index (κ3) is 1.96. The highest BCUT2D eigenvalue weighted by Gasteiger charge is 2.64. The van der Waals surface area contributed by atoms with Crippen LogP contribution in [0, 0.1) is 17.3 Å². The molecule has 3 aliphatic rings. The first kappa shape index (κ1) is 15.5. The molecule has 126 valence electrons. The van der Waals surface area contributed by atoms with Crippen LogP contribution in [0.3, 0.4) is 0 Å². The molecule has 2 saturated carbocycles. The summed E-state index contributed by atoms with van der Waals surface area (Å²) in [5.41, 5.74) is 0.655. The number of aliphatic hydroxyl groups is 2. The third-order valence-electron chi connectivity index (χ3n) is 7.54. The van der Waals surface area contributed by atoms with Crippen LogP contribution in [0.25, 0.3) is 0 Å². The molecule has 6 atom stereocenters. The Balaban J connectivity index is 1.83. The second-order valence-electron chi connectivity index (χ2n) is 8.93. The number of aryl methyl sites for hydroxylation is 1. The molecule has 0 heterocycles. The molecule has 3 N–H and O–H groups in total. The van der Waals surface area contributed by atoms with Crippen LogP contribution in [0.4, 0.5) is 0 Å². The second kappa shape index (κ2) is 4.52. The molecule has 0 saturated heterocycles. The highest BCUT2D eigenvalue weighted by atomic mass is 16.3. The van der Waals surface area contributed by atoms with Crippen LogP contribution < -0.4 is 0 Å². The van der Waals surface area contributed by atoms with E-state index in [0.29, 0.717) is 24.0 Å². The second-order valence-corrected chi connectivity index (χ2v) is 8.93. The molecular weight excluding hydrogens is 288 g/mol. The minimum absolute atomic E-state index is 0.110. The van der Waals surface area contributed by atoms with E-state index in [1.54, 1.807) is 6.07 Å². The zero-order chi connectivity index (χ0) is 16.6. The highest BCUT2D eigenvalue weighted by molar-refractivity contribution is 5.42. The monoisotopic (exact) mass is 316 g/mol. The van der Waals surface area contributed by atoms with Crippen molar-refractivity contribution in [1.29, 1.82) is 0 Å². The number of aromatic hydroxyl groups is 1. The molecule has 0 radical (unpaired) electrons. The lowest BCUT2D eigenvalue weighted by atomic mass is 9.49. The average molecular weight is 316 g/mol. The summed E-state index contributed by atoms with van der Waals surface area (Å²) in [7, 11) is 0. The molecule has 0 amide bonds. The van der Waals surface area contributed by atoms with E-state index in [0.717, 1.165) is 25.7 Å². The molecule has 0 bridgehead atoms. The summed E-state index contributed by atoms with van der Waals surface area (Å²) < 4.78 is 0. The minimum atomic E-state index is -0.823. The smallest absolute Gasteiger partial charge is 0.115 e. The number of benzene rings is 1. The largest absolute Gasteiger partial charge is 0.508 e. The summed E-state index contributed by atoms with van der Waals surface area (Å²) in [5.74, 6) is 1.30. The fourth-order valence-electron chi connectivity index (χ4n) is 6.36. The average Bonchev–Trinajstić information content (AvgIpc) is 2.67. The number of rotatable bonds is 0. The van der Waals surface area contributed by atoms with Gasteiger partial charge >= 0.3 is 0 Å². The maximum Gasteiger partial charge on any atom is 0.115 e. The molecular formula is C20H28O3. The van der Waals surface area contributed by atoms with Gasteiger partial charge in [-0.05, 0) is 81.0 Å². The molecule has 5 unspecified atom stereocenters. The molecule has 0 spiro atoms. The van der Waals surface area contributed by atoms with Gasteiger partial charge in [-0.1, -0.05) is 13.0 Å². The first-order chi connectivity index (χ1) is 10.7. The summed E-state index contributed by atoms with van der Waals surface area (Å²) in [4.78, 5) is 0. The topological polar surface area (TPSA) is 60.7 Å². The summed E-state index contributed by atoms with van der Waals surface area (Å²) in [6.45, 7) is 6.09. The van der Waals surface area contributed by atoms with Gasteiger partial charge in [0.25, 0.3) is 0 Å². The SMILES string of the molecule is CC1(O)CC2(C)C(CCC2(C)O)[C@@H]2CCc3cc(O)ccc3C21. The van der Waals surface area contributed by atoms with E-state index in [2.05, 4.69) is 6.92 Å². The molecule has 23 heavy (non-hydrogen) atoms. The van der Waals surface area contributed by atoms with Gasteiger partial charge in [0.1, 0.15) is 5.75 Å². The van der Waals surface area contributed by atoms with Gasteiger partial charge in [0.2, 0.25) is 0 Å². The Kier molecular flexibility index (Phi) is 3.04. The maximum atomic E-state index is 11.4. The van der Waals surface area contributed by atoms with Gasteiger partial charge in [-0.25, -0.2) is 0 Å². The van der Waals surface area contributed by atoms with Crippen LogP contribution in [-0.4, -0.2) is 26.5 Å². The zero-order valence-electron chi connectivity index (χ0n) is 14.3. The summed E-state index contributed by atoms with van der Waals surface area (Å²) in [6, 6.07) is 5.61. The van der Waals surface area contributed by atoms with E-state index >= 15 is 0 Å². The minimum Gasteiger partial charge on any atom is -0.508 e. The molecule has 2 fully saturated rings. The fraction of sp³-hybridized carbons (Fsp3) is 0.700. The quantitative estimate of drug-likeness (QED) is 0.688. The van der Waals surface area contributed by atoms with Crippen LogP contribution in [0.5, 0.6) is 5.75 Å². The van der Waals surface area contributed by atoms with Crippen molar-refractivity contribution in [3.8, 4) is 5.75 Å². The molecule has 3 nitrogen and oxygen atoms in total. The highest BCUT2D eigenvalue weighted by Crippen LogP contribution is 2.66. The van der Waals surface area contributed by atoms with Crippen molar-refractivity contribution >= 4 is 0 Å². The van der Waals surface area contributed by atoms with E-state index in [4.69, 9.17) is 0 Å². The fourth-order valence-corrected chi connectivity index (χ4v) is 6.36. The molecule has 4 rings (SSSR count). The number of phenols is 1. The van der Waals surface area contributed by atoms with Gasteiger partial charge in [-0.15, -0.1) is 0 Å². The van der Waals surface area contributed by atoms with Gasteiger partial charge in [0.05, 0.1) is 11.2 Å². The van der Waals surface area contributed by atoms with Crippen molar-refractivity contribution in [3.05, 3.63) is 29.3 Å². The third-order valence-corrected chi connectivity index (χ3v) is 7.54. The van der Waals surface area contributed by atoms with Gasteiger partial charge in [0.15, 0.2) is 0 Å². The summed E-state index contributed by atoms with van der Waals surface area (Å²) in [6.07, 6.45) is 4.51. The van der Waals surface area contributed by atoms with Crippen molar-refractivity contribution in [2.45, 2.75) is 70.0 Å². The lowest BCUT2D eigenvalue weighted by Gasteiger charge is -2.58. The molecule has 3 aliphatic carbocycles. The van der Waals surface area contributed by atoms with E-state index in [1.165, 1.54) is 11.1 Å². The van der Waals surface area contributed by atoms with E-state index < -0.39 is 11.2 Å². The predicted octanol–water partition coefficient (Wildman–Crippen LogP) is 3.36. The number of hydrogen-bond donors (Lipinski definition) is 3. The number of fused-ring (bicyclic) bond motifs is 5. The Bertz CT molecular complexity index is 648. The van der Waals surface area contributed by atoms with Crippen LogP contribution in [0.15, 0.2) is 18.2 Å². The maximum absolute atomic E-state index is 11.4. The molecule has 1 aromatic rings. The van der Waals surface area contributed by atoms with Crippen LogP contribution in [-0.2, 0) is 6.42 Å². The van der Waals surface area contributed by atoms with Gasteiger partial charge in [0, 0.05) is 11.3 Å². The number of hydrogen-bond acceptors (Lipinski definition) is 3. The van der Waals surface area contributed by atoms with E-state index in [1.807, 2.05) is 26.0 Å². The van der Waals surface area contributed by atoms with Gasteiger partial charge < -0.3 is 15.3 Å². The van der Waals surface area contributed by atoms with Crippen molar-refractivity contribution < 1.29 is 15.3 Å². The predicted molar refractivity (Wildman–Crippen MR) is 89.4 cm³/mol. The van der Waals surface area contributed by atoms with E-state index in [-0.39, 0.29) is 11.3 Å².